The molecule has 0 bridgehead atoms. The molecule has 2 rings (SSSR count). The molecule has 1 aliphatic rings. The van der Waals surface area contributed by atoms with E-state index in [0.717, 1.165) is 25.0 Å². The SMILES string of the molecule is CN=C(NCc1ccc(C(=O)OC)c(OC)c1)NCC1(C)CCCO1.I. The number of hydrogen-bond acceptors (Lipinski definition) is 5. The highest BCUT2D eigenvalue weighted by atomic mass is 127. The van der Waals surface area contributed by atoms with Crippen molar-refractivity contribution in [1.29, 1.82) is 0 Å². The van der Waals surface area contributed by atoms with Crippen LogP contribution in [0, 0.1) is 0 Å². The average Bonchev–Trinajstić information content (AvgIpc) is 3.07. The minimum atomic E-state index is -0.418. The van der Waals surface area contributed by atoms with Crippen LogP contribution in [0.4, 0.5) is 0 Å². The number of ether oxygens (including phenoxy) is 3. The van der Waals surface area contributed by atoms with E-state index in [0.29, 0.717) is 30.4 Å². The molecule has 1 saturated heterocycles. The van der Waals surface area contributed by atoms with Crippen LogP contribution in [-0.4, -0.2) is 51.9 Å². The highest BCUT2D eigenvalue weighted by Gasteiger charge is 2.29. The number of rotatable bonds is 6. The molecule has 1 atom stereocenters. The minimum Gasteiger partial charge on any atom is -0.496 e. The molecule has 0 amide bonds. The monoisotopic (exact) mass is 477 g/mol. The normalized spacial score (nSPS) is 19.5. The smallest absolute Gasteiger partial charge is 0.341 e. The molecule has 1 aliphatic heterocycles. The Labute approximate surface area is 171 Å². The number of nitrogens with one attached hydrogen (secondary N) is 2. The topological polar surface area (TPSA) is 81.2 Å². The Morgan fingerprint density at radius 2 is 2.12 bits per heavy atom. The van der Waals surface area contributed by atoms with E-state index in [-0.39, 0.29) is 29.6 Å². The van der Waals surface area contributed by atoms with Gasteiger partial charge in [-0.15, -0.1) is 24.0 Å². The number of halogens is 1. The van der Waals surface area contributed by atoms with Gasteiger partial charge in [0, 0.05) is 26.7 Å². The minimum absolute atomic E-state index is 0. The maximum atomic E-state index is 11.7. The summed E-state index contributed by atoms with van der Waals surface area (Å²) < 4.78 is 15.8. The van der Waals surface area contributed by atoms with Crippen molar-refractivity contribution in [1.82, 2.24) is 10.6 Å². The summed E-state index contributed by atoms with van der Waals surface area (Å²) in [6.45, 7) is 4.18. The van der Waals surface area contributed by atoms with Crippen LogP contribution in [0.3, 0.4) is 0 Å². The van der Waals surface area contributed by atoms with Crippen LogP contribution in [0.5, 0.6) is 5.75 Å². The van der Waals surface area contributed by atoms with Crippen LogP contribution in [0.1, 0.15) is 35.7 Å². The maximum Gasteiger partial charge on any atom is 0.341 e. The van der Waals surface area contributed by atoms with E-state index in [4.69, 9.17) is 14.2 Å². The molecule has 0 saturated carbocycles. The van der Waals surface area contributed by atoms with Crippen LogP contribution in [0.2, 0.25) is 0 Å². The van der Waals surface area contributed by atoms with Crippen molar-refractivity contribution in [2.75, 3.05) is 34.4 Å². The zero-order valence-corrected chi connectivity index (χ0v) is 18.1. The van der Waals surface area contributed by atoms with E-state index in [9.17, 15) is 4.79 Å². The highest BCUT2D eigenvalue weighted by molar-refractivity contribution is 14.0. The van der Waals surface area contributed by atoms with Crippen molar-refractivity contribution >= 4 is 35.9 Å². The van der Waals surface area contributed by atoms with Gasteiger partial charge in [0.15, 0.2) is 5.96 Å². The van der Waals surface area contributed by atoms with Gasteiger partial charge in [-0.3, -0.25) is 4.99 Å². The molecule has 1 fully saturated rings. The number of hydrogen-bond donors (Lipinski definition) is 2. The van der Waals surface area contributed by atoms with Crippen molar-refractivity contribution in [2.45, 2.75) is 31.9 Å². The van der Waals surface area contributed by atoms with E-state index in [1.54, 1.807) is 13.1 Å². The van der Waals surface area contributed by atoms with Gasteiger partial charge in [0.25, 0.3) is 0 Å². The Morgan fingerprint density at radius 1 is 1.35 bits per heavy atom. The quantitative estimate of drug-likeness (QED) is 0.284. The van der Waals surface area contributed by atoms with Crippen LogP contribution in [0.25, 0.3) is 0 Å². The van der Waals surface area contributed by atoms with Gasteiger partial charge in [0.1, 0.15) is 11.3 Å². The third-order valence-electron chi connectivity index (χ3n) is 4.29. The van der Waals surface area contributed by atoms with E-state index in [1.807, 2.05) is 12.1 Å². The first kappa shape index (κ1) is 22.5. The van der Waals surface area contributed by atoms with Crippen LogP contribution in [0.15, 0.2) is 23.2 Å². The number of esters is 1. The number of nitrogens with zero attached hydrogens (tertiary/aromatic N) is 1. The molecule has 8 heteroatoms. The first-order valence-electron chi connectivity index (χ1n) is 8.35. The second-order valence-corrected chi connectivity index (χ2v) is 6.21. The average molecular weight is 477 g/mol. The lowest BCUT2D eigenvalue weighted by Crippen LogP contribution is -2.45. The number of carbonyl (C=O) groups excluding carboxylic acids is 1. The Kier molecular flexibility index (Phi) is 9.14. The van der Waals surface area contributed by atoms with Gasteiger partial charge < -0.3 is 24.8 Å². The van der Waals surface area contributed by atoms with Crippen molar-refractivity contribution in [3.8, 4) is 5.75 Å². The van der Waals surface area contributed by atoms with Gasteiger partial charge >= 0.3 is 5.97 Å². The predicted molar refractivity (Wildman–Crippen MR) is 112 cm³/mol. The first-order chi connectivity index (χ1) is 12.0. The number of aliphatic imine (C=N–C) groups is 1. The van der Waals surface area contributed by atoms with Crippen molar-refractivity contribution in [2.24, 2.45) is 4.99 Å². The van der Waals surface area contributed by atoms with Crippen LogP contribution in [-0.2, 0) is 16.0 Å². The number of carbonyl (C=O) groups is 1. The third kappa shape index (κ3) is 6.01. The van der Waals surface area contributed by atoms with E-state index < -0.39 is 5.97 Å². The standard InChI is InChI=1S/C18H27N3O4.HI/c1-18(8-5-9-25-18)12-21-17(19-2)20-11-13-6-7-14(16(22)24-4)15(10-13)23-3;/h6-7,10H,5,8-9,11-12H2,1-4H3,(H2,19,20,21);1H. The van der Waals surface area contributed by atoms with Gasteiger partial charge in [-0.2, -0.15) is 0 Å². The van der Waals surface area contributed by atoms with Gasteiger partial charge in [-0.05, 0) is 37.5 Å². The lowest BCUT2D eigenvalue weighted by molar-refractivity contribution is 0.0242. The number of guanidine groups is 1. The summed E-state index contributed by atoms with van der Waals surface area (Å²) in [4.78, 5) is 15.9. The molecular formula is C18H28IN3O4. The fraction of sp³-hybridized carbons (Fsp3) is 0.556. The maximum absolute atomic E-state index is 11.7. The molecule has 1 unspecified atom stereocenters. The molecule has 0 radical (unpaired) electrons. The third-order valence-corrected chi connectivity index (χ3v) is 4.29. The summed E-state index contributed by atoms with van der Waals surface area (Å²) in [6, 6.07) is 5.37. The van der Waals surface area contributed by atoms with Crippen molar-refractivity contribution in [3.05, 3.63) is 29.3 Å². The molecule has 1 aromatic rings. The van der Waals surface area contributed by atoms with Crippen LogP contribution < -0.4 is 15.4 Å². The molecular weight excluding hydrogens is 449 g/mol. The lowest BCUT2D eigenvalue weighted by atomic mass is 10.0. The molecule has 7 nitrogen and oxygen atoms in total. The number of methoxy groups -OCH3 is 2. The molecule has 2 N–H and O–H groups in total. The Bertz CT molecular complexity index is 631. The molecule has 0 spiro atoms. The summed E-state index contributed by atoms with van der Waals surface area (Å²) in [5.74, 6) is 0.771. The fourth-order valence-corrected chi connectivity index (χ4v) is 2.78. The van der Waals surface area contributed by atoms with Gasteiger partial charge in [0.05, 0.1) is 19.8 Å². The molecule has 0 aromatic heterocycles. The molecule has 1 heterocycles. The van der Waals surface area contributed by atoms with Gasteiger partial charge in [-0.25, -0.2) is 4.79 Å². The zero-order chi connectivity index (χ0) is 18.3. The lowest BCUT2D eigenvalue weighted by Gasteiger charge is -2.24. The first-order valence-corrected chi connectivity index (χ1v) is 8.35. The Hall–Kier alpha value is -1.55. The summed E-state index contributed by atoms with van der Waals surface area (Å²) >= 11 is 0. The number of benzene rings is 1. The second kappa shape index (κ2) is 10.6. The van der Waals surface area contributed by atoms with Gasteiger partial charge in [0.2, 0.25) is 0 Å². The Balaban J connectivity index is 0.00000338. The van der Waals surface area contributed by atoms with Crippen molar-refractivity contribution < 1.29 is 19.0 Å². The summed E-state index contributed by atoms with van der Waals surface area (Å²) in [5.41, 5.74) is 1.24. The molecule has 0 aliphatic carbocycles. The van der Waals surface area contributed by atoms with Crippen LogP contribution >= 0.6 is 24.0 Å². The zero-order valence-electron chi connectivity index (χ0n) is 15.8. The van der Waals surface area contributed by atoms with Gasteiger partial charge in [-0.1, -0.05) is 6.07 Å². The van der Waals surface area contributed by atoms with E-state index >= 15 is 0 Å². The summed E-state index contributed by atoms with van der Waals surface area (Å²) in [7, 11) is 4.61. The van der Waals surface area contributed by atoms with Crippen molar-refractivity contribution in [3.63, 3.8) is 0 Å². The van der Waals surface area contributed by atoms with E-state index in [2.05, 4.69) is 22.5 Å². The molecule has 146 valence electrons. The molecule has 26 heavy (non-hydrogen) atoms. The molecule has 1 aromatic carbocycles. The Morgan fingerprint density at radius 3 is 2.69 bits per heavy atom. The summed E-state index contributed by atoms with van der Waals surface area (Å²) in [6.07, 6.45) is 2.14. The van der Waals surface area contributed by atoms with E-state index in [1.165, 1.54) is 14.2 Å². The summed E-state index contributed by atoms with van der Waals surface area (Å²) in [5, 5.41) is 6.55. The largest absolute Gasteiger partial charge is 0.496 e. The fourth-order valence-electron chi connectivity index (χ4n) is 2.78. The predicted octanol–water partition coefficient (Wildman–Crippen LogP) is 2.33. The highest BCUT2D eigenvalue weighted by Crippen LogP contribution is 2.24. The second-order valence-electron chi connectivity index (χ2n) is 6.21.